The van der Waals surface area contributed by atoms with Gasteiger partial charge in [-0.15, -0.1) is 0 Å². The van der Waals surface area contributed by atoms with Crippen LogP contribution in [0.2, 0.25) is 0 Å². The highest BCUT2D eigenvalue weighted by molar-refractivity contribution is 5.97. The maximum atomic E-state index is 10.5. The molecule has 39 heavy (non-hydrogen) atoms. The van der Waals surface area contributed by atoms with E-state index in [2.05, 4.69) is 0 Å². The number of furan rings is 1. The summed E-state index contributed by atoms with van der Waals surface area (Å²) >= 11 is 0. The number of hydrogen-bond acceptors (Lipinski definition) is 6. The van der Waals surface area contributed by atoms with Crippen LogP contribution in [0.1, 0.15) is 11.3 Å². The van der Waals surface area contributed by atoms with Gasteiger partial charge in [-0.3, -0.25) is 0 Å². The lowest BCUT2D eigenvalue weighted by Crippen LogP contribution is -2.26. The molecule has 0 bridgehead atoms. The largest absolute Gasteiger partial charge is 0.504 e. The van der Waals surface area contributed by atoms with Gasteiger partial charge in [0.1, 0.15) is 29.3 Å². The van der Waals surface area contributed by atoms with E-state index in [-0.39, 0.29) is 18.0 Å². The number of aromatic hydroxyl groups is 1. The molecule has 0 amide bonds. The van der Waals surface area contributed by atoms with E-state index in [1.807, 2.05) is 85.0 Å². The molecule has 1 aliphatic rings. The lowest BCUT2D eigenvalue weighted by atomic mass is 9.92. The van der Waals surface area contributed by atoms with Crippen molar-refractivity contribution < 1.29 is 28.5 Å². The van der Waals surface area contributed by atoms with Crippen LogP contribution in [0.3, 0.4) is 0 Å². The molecule has 5 rings (SSSR count). The van der Waals surface area contributed by atoms with Crippen molar-refractivity contribution >= 4 is 17.0 Å². The monoisotopic (exact) mass is 524 g/mol. The third-order valence-electron chi connectivity index (χ3n) is 6.79. The summed E-state index contributed by atoms with van der Waals surface area (Å²) in [6, 6.07) is 23.5. The Bertz CT molecular complexity index is 1500. The Morgan fingerprint density at radius 2 is 1.62 bits per heavy atom. The van der Waals surface area contributed by atoms with Crippen LogP contribution in [0.4, 0.5) is 0 Å². The summed E-state index contributed by atoms with van der Waals surface area (Å²) in [6.07, 6.45) is 7.83. The second-order valence-electron chi connectivity index (χ2n) is 9.20. The van der Waals surface area contributed by atoms with Gasteiger partial charge in [-0.2, -0.15) is 0 Å². The minimum absolute atomic E-state index is 0.0601. The number of phenolic OH excluding ortho intramolecular Hbond substituents is 1. The van der Waals surface area contributed by atoms with Crippen molar-refractivity contribution in [1.29, 1.82) is 0 Å². The second-order valence-corrected chi connectivity index (χ2v) is 9.20. The van der Waals surface area contributed by atoms with Crippen LogP contribution in [0.15, 0.2) is 107 Å². The fourth-order valence-electron chi connectivity index (χ4n) is 4.87. The summed E-state index contributed by atoms with van der Waals surface area (Å²) in [4.78, 5) is 0. The standard InChI is InChI=1S/C33H32O6/c1-35-29-21-28-25(19-26(29)34)33(23-14-8-5-9-15-23)32(39-28)18-24-17-30(36-2)31(37-3)20-27(24)38-16-10-13-22-11-6-4-7-12-22/h4-15,17,19-21,27,30,34H,16,18H2,1-3H3. The molecule has 6 nitrogen and oxygen atoms in total. The zero-order chi connectivity index (χ0) is 27.2. The first-order valence-corrected chi connectivity index (χ1v) is 12.8. The fourth-order valence-corrected chi connectivity index (χ4v) is 4.87. The molecular weight excluding hydrogens is 492 g/mol. The number of phenols is 1. The van der Waals surface area contributed by atoms with Gasteiger partial charge in [0, 0.05) is 30.5 Å². The molecule has 0 saturated heterocycles. The van der Waals surface area contributed by atoms with Gasteiger partial charge in [-0.05, 0) is 34.9 Å². The molecule has 1 aromatic heterocycles. The van der Waals surface area contributed by atoms with Crippen LogP contribution in [0.25, 0.3) is 28.2 Å². The van der Waals surface area contributed by atoms with Crippen LogP contribution < -0.4 is 4.74 Å². The van der Waals surface area contributed by atoms with E-state index >= 15 is 0 Å². The van der Waals surface area contributed by atoms with Crippen molar-refractivity contribution in [2.24, 2.45) is 0 Å². The molecule has 0 saturated carbocycles. The van der Waals surface area contributed by atoms with Gasteiger partial charge in [0.25, 0.3) is 0 Å². The van der Waals surface area contributed by atoms with Gasteiger partial charge in [0.05, 0.1) is 20.8 Å². The molecule has 0 radical (unpaired) electrons. The van der Waals surface area contributed by atoms with Crippen LogP contribution in [0.5, 0.6) is 11.5 Å². The summed E-state index contributed by atoms with van der Waals surface area (Å²) in [7, 11) is 4.81. The minimum atomic E-state index is -0.341. The van der Waals surface area contributed by atoms with Gasteiger partial charge in [0.15, 0.2) is 11.5 Å². The maximum Gasteiger partial charge on any atom is 0.164 e. The van der Waals surface area contributed by atoms with Gasteiger partial charge in [0.2, 0.25) is 0 Å². The summed E-state index contributed by atoms with van der Waals surface area (Å²) in [5.74, 6) is 1.87. The molecule has 6 heteroatoms. The number of fused-ring (bicyclic) bond motifs is 1. The molecular formula is C33H32O6. The summed E-state index contributed by atoms with van der Waals surface area (Å²) in [5.41, 5.74) is 4.65. The van der Waals surface area contributed by atoms with Crippen molar-refractivity contribution in [3.8, 4) is 22.6 Å². The average Bonchev–Trinajstić information content (AvgIpc) is 3.32. The summed E-state index contributed by atoms with van der Waals surface area (Å²) in [6.45, 7) is 0.415. The van der Waals surface area contributed by atoms with E-state index in [1.165, 1.54) is 7.11 Å². The molecule has 200 valence electrons. The first-order chi connectivity index (χ1) is 19.1. The smallest absolute Gasteiger partial charge is 0.164 e. The number of ether oxygens (including phenoxy) is 4. The van der Waals surface area contributed by atoms with E-state index in [9.17, 15) is 5.11 Å². The topological polar surface area (TPSA) is 70.3 Å². The first-order valence-electron chi connectivity index (χ1n) is 12.8. The van der Waals surface area contributed by atoms with Gasteiger partial charge in [-0.25, -0.2) is 0 Å². The normalized spacial score (nSPS) is 17.3. The average molecular weight is 525 g/mol. The minimum Gasteiger partial charge on any atom is -0.504 e. The lowest BCUT2D eigenvalue weighted by Gasteiger charge is -2.27. The Balaban J connectivity index is 1.50. The van der Waals surface area contributed by atoms with E-state index < -0.39 is 0 Å². The molecule has 2 unspecified atom stereocenters. The lowest BCUT2D eigenvalue weighted by molar-refractivity contribution is 0.0837. The molecule has 0 fully saturated rings. The Labute approximate surface area is 228 Å². The van der Waals surface area contributed by atoms with E-state index in [4.69, 9.17) is 23.4 Å². The number of benzene rings is 3. The molecule has 4 aromatic rings. The Morgan fingerprint density at radius 3 is 2.31 bits per heavy atom. The van der Waals surface area contributed by atoms with Crippen LogP contribution in [-0.2, 0) is 20.6 Å². The van der Waals surface area contributed by atoms with Gasteiger partial charge in [-0.1, -0.05) is 72.8 Å². The highest BCUT2D eigenvalue weighted by Crippen LogP contribution is 2.42. The predicted octanol–water partition coefficient (Wildman–Crippen LogP) is 6.94. The number of methoxy groups -OCH3 is 3. The van der Waals surface area contributed by atoms with Gasteiger partial charge < -0.3 is 28.5 Å². The van der Waals surface area contributed by atoms with Crippen molar-refractivity contribution in [3.05, 3.63) is 114 Å². The number of rotatable bonds is 10. The molecule has 0 spiro atoms. The highest BCUT2D eigenvalue weighted by atomic mass is 16.5. The molecule has 1 heterocycles. The van der Waals surface area contributed by atoms with Crippen LogP contribution in [0, 0.1) is 0 Å². The highest BCUT2D eigenvalue weighted by Gasteiger charge is 2.28. The zero-order valence-electron chi connectivity index (χ0n) is 22.3. The second kappa shape index (κ2) is 12.1. The Morgan fingerprint density at radius 1 is 0.872 bits per heavy atom. The van der Waals surface area contributed by atoms with E-state index in [0.29, 0.717) is 30.1 Å². The molecule has 1 N–H and O–H groups in total. The molecule has 3 aromatic carbocycles. The summed E-state index contributed by atoms with van der Waals surface area (Å²) < 4.78 is 29.4. The van der Waals surface area contributed by atoms with Gasteiger partial charge >= 0.3 is 0 Å². The van der Waals surface area contributed by atoms with Crippen molar-refractivity contribution in [2.75, 3.05) is 27.9 Å². The quantitative estimate of drug-likeness (QED) is 0.227. The summed E-state index contributed by atoms with van der Waals surface area (Å²) in [5, 5.41) is 11.3. The third kappa shape index (κ3) is 5.77. The van der Waals surface area contributed by atoms with Crippen molar-refractivity contribution in [3.63, 3.8) is 0 Å². The Hall–Kier alpha value is -4.26. The molecule has 0 aliphatic heterocycles. The molecule has 2 atom stereocenters. The van der Waals surface area contributed by atoms with Crippen molar-refractivity contribution in [1.82, 2.24) is 0 Å². The fraction of sp³-hybridized carbons (Fsp3) is 0.212. The van der Waals surface area contributed by atoms with Crippen LogP contribution >= 0.6 is 0 Å². The number of hydrogen-bond donors (Lipinski definition) is 1. The Kier molecular flexibility index (Phi) is 8.16. The van der Waals surface area contributed by atoms with Crippen molar-refractivity contribution in [2.45, 2.75) is 18.6 Å². The molecule has 1 aliphatic carbocycles. The third-order valence-corrected chi connectivity index (χ3v) is 6.79. The maximum absolute atomic E-state index is 10.5. The SMILES string of the molecule is COC1=CC(OCC=Cc2ccccc2)C(Cc2oc3cc(OC)c(O)cc3c2-c2ccccc2)=CC1OC. The zero-order valence-corrected chi connectivity index (χ0v) is 22.3. The van der Waals surface area contributed by atoms with E-state index in [1.54, 1.807) is 26.4 Å². The predicted molar refractivity (Wildman–Crippen MR) is 153 cm³/mol. The van der Waals surface area contributed by atoms with E-state index in [0.717, 1.165) is 33.4 Å². The van der Waals surface area contributed by atoms with Crippen LogP contribution in [-0.4, -0.2) is 45.3 Å². The first kappa shape index (κ1) is 26.4.